The van der Waals surface area contributed by atoms with Gasteiger partial charge in [0.2, 0.25) is 0 Å². The SMILES string of the molecule is C[C@H](OC(=O)C[C@@H]1Oc2ccccc2NC1=O)C(=O)Nc1c(F)cccc1F. The summed E-state index contributed by atoms with van der Waals surface area (Å²) in [7, 11) is 0. The lowest BCUT2D eigenvalue weighted by molar-refractivity contribution is -0.155. The smallest absolute Gasteiger partial charge is 0.310 e. The van der Waals surface area contributed by atoms with Gasteiger partial charge in [-0.25, -0.2) is 8.78 Å². The number of amides is 2. The summed E-state index contributed by atoms with van der Waals surface area (Å²) in [6.07, 6.45) is -2.90. The molecule has 3 rings (SSSR count). The molecule has 1 aliphatic rings. The zero-order chi connectivity index (χ0) is 20.3. The van der Waals surface area contributed by atoms with Crippen LogP contribution in [0.3, 0.4) is 0 Å². The van der Waals surface area contributed by atoms with Crippen molar-refractivity contribution in [2.75, 3.05) is 10.6 Å². The van der Waals surface area contributed by atoms with E-state index in [2.05, 4.69) is 5.32 Å². The number of para-hydroxylation sites is 3. The van der Waals surface area contributed by atoms with E-state index < -0.39 is 53.7 Å². The molecule has 2 amide bonds. The second-order valence-electron chi connectivity index (χ2n) is 6.01. The molecule has 0 fully saturated rings. The number of fused-ring (bicyclic) bond motifs is 1. The van der Waals surface area contributed by atoms with E-state index in [1.807, 2.05) is 5.32 Å². The zero-order valence-electron chi connectivity index (χ0n) is 14.7. The van der Waals surface area contributed by atoms with Gasteiger partial charge < -0.3 is 20.1 Å². The molecule has 0 bridgehead atoms. The minimum atomic E-state index is -1.34. The average molecular weight is 390 g/mol. The van der Waals surface area contributed by atoms with Crippen LogP contribution in [0.4, 0.5) is 20.2 Å². The van der Waals surface area contributed by atoms with E-state index in [0.29, 0.717) is 11.4 Å². The maximum absolute atomic E-state index is 13.6. The summed E-state index contributed by atoms with van der Waals surface area (Å²) in [5.74, 6) is -3.84. The van der Waals surface area contributed by atoms with E-state index >= 15 is 0 Å². The Morgan fingerprint density at radius 1 is 1.18 bits per heavy atom. The highest BCUT2D eigenvalue weighted by Crippen LogP contribution is 2.29. The van der Waals surface area contributed by atoms with Crippen LogP contribution < -0.4 is 15.4 Å². The van der Waals surface area contributed by atoms with Gasteiger partial charge in [-0.05, 0) is 31.2 Å². The predicted octanol–water partition coefficient (Wildman–Crippen LogP) is 2.62. The molecular weight excluding hydrogens is 374 g/mol. The number of benzene rings is 2. The molecule has 2 aromatic carbocycles. The molecule has 146 valence electrons. The molecule has 2 N–H and O–H groups in total. The number of hydrogen-bond donors (Lipinski definition) is 2. The number of hydrogen-bond acceptors (Lipinski definition) is 5. The van der Waals surface area contributed by atoms with Crippen LogP contribution >= 0.6 is 0 Å². The molecule has 0 aromatic heterocycles. The minimum absolute atomic E-state index is 0.403. The molecule has 1 aliphatic heterocycles. The topological polar surface area (TPSA) is 93.7 Å². The van der Waals surface area contributed by atoms with Crippen molar-refractivity contribution in [1.29, 1.82) is 0 Å². The molecule has 0 aliphatic carbocycles. The van der Waals surface area contributed by atoms with Gasteiger partial charge >= 0.3 is 5.97 Å². The Balaban J connectivity index is 1.57. The molecule has 7 nitrogen and oxygen atoms in total. The number of anilines is 2. The van der Waals surface area contributed by atoms with Crippen molar-refractivity contribution in [2.45, 2.75) is 25.6 Å². The van der Waals surface area contributed by atoms with Crippen molar-refractivity contribution in [2.24, 2.45) is 0 Å². The standard InChI is InChI=1S/C19H16F2N2O5/c1-10(18(25)23-17-11(20)5-4-6-12(17)21)27-16(24)9-15-19(26)22-13-7-2-3-8-14(13)28-15/h2-8,10,15H,9H2,1H3,(H,22,26)(H,23,25)/t10-,15-/m0/s1. The molecule has 0 unspecified atom stereocenters. The highest BCUT2D eigenvalue weighted by atomic mass is 19.1. The van der Waals surface area contributed by atoms with Crippen LogP contribution in [0.5, 0.6) is 5.75 Å². The summed E-state index contributed by atoms with van der Waals surface area (Å²) in [5, 5.41) is 4.63. The largest absolute Gasteiger partial charge is 0.478 e. The summed E-state index contributed by atoms with van der Waals surface area (Å²) in [6, 6.07) is 9.81. The normalized spacial score (nSPS) is 16.2. The first-order chi connectivity index (χ1) is 13.3. The highest BCUT2D eigenvalue weighted by molar-refractivity contribution is 6.00. The summed E-state index contributed by atoms with van der Waals surface area (Å²) in [5.41, 5.74) is -0.154. The second-order valence-corrected chi connectivity index (χ2v) is 6.01. The van der Waals surface area contributed by atoms with Crippen molar-refractivity contribution in [3.8, 4) is 5.75 Å². The number of nitrogens with one attached hydrogen (secondary N) is 2. The van der Waals surface area contributed by atoms with Gasteiger partial charge in [-0.15, -0.1) is 0 Å². The Bertz CT molecular complexity index is 914. The first kappa shape index (κ1) is 19.3. The van der Waals surface area contributed by atoms with Crippen molar-refractivity contribution in [1.82, 2.24) is 0 Å². The van der Waals surface area contributed by atoms with Crippen molar-refractivity contribution in [3.63, 3.8) is 0 Å². The van der Waals surface area contributed by atoms with Crippen molar-refractivity contribution in [3.05, 3.63) is 54.1 Å². The molecule has 2 atom stereocenters. The molecule has 0 saturated carbocycles. The second kappa shape index (κ2) is 8.03. The summed E-state index contributed by atoms with van der Waals surface area (Å²) in [6.45, 7) is 1.24. The number of carbonyl (C=O) groups is 3. The molecule has 2 aromatic rings. The van der Waals surface area contributed by atoms with Crippen LogP contribution in [-0.4, -0.2) is 30.0 Å². The van der Waals surface area contributed by atoms with Crippen LogP contribution in [0, 0.1) is 11.6 Å². The molecule has 9 heteroatoms. The van der Waals surface area contributed by atoms with Gasteiger partial charge in [-0.2, -0.15) is 0 Å². The summed E-state index contributed by atoms with van der Waals surface area (Å²) < 4.78 is 37.6. The Kier molecular flexibility index (Phi) is 5.53. The van der Waals surface area contributed by atoms with Crippen LogP contribution in [0.25, 0.3) is 0 Å². The van der Waals surface area contributed by atoms with Gasteiger partial charge in [0.05, 0.1) is 12.1 Å². The number of rotatable bonds is 5. The lowest BCUT2D eigenvalue weighted by Gasteiger charge is -2.25. The van der Waals surface area contributed by atoms with E-state index in [1.54, 1.807) is 24.3 Å². The number of carbonyl (C=O) groups excluding carboxylic acids is 3. The fourth-order valence-corrected chi connectivity index (χ4v) is 2.52. The van der Waals surface area contributed by atoms with Gasteiger partial charge in [-0.1, -0.05) is 18.2 Å². The van der Waals surface area contributed by atoms with Crippen LogP contribution in [0.1, 0.15) is 13.3 Å². The number of ether oxygens (including phenoxy) is 2. The maximum atomic E-state index is 13.6. The monoisotopic (exact) mass is 390 g/mol. The zero-order valence-corrected chi connectivity index (χ0v) is 14.7. The lowest BCUT2D eigenvalue weighted by atomic mass is 10.1. The van der Waals surface area contributed by atoms with Gasteiger partial charge in [0.15, 0.2) is 12.2 Å². The molecule has 1 heterocycles. The Morgan fingerprint density at radius 3 is 2.57 bits per heavy atom. The summed E-state index contributed by atoms with van der Waals surface area (Å²) in [4.78, 5) is 36.1. The van der Waals surface area contributed by atoms with Crippen LogP contribution in [0.15, 0.2) is 42.5 Å². The van der Waals surface area contributed by atoms with Crippen LogP contribution in [-0.2, 0) is 19.1 Å². The van der Waals surface area contributed by atoms with Gasteiger partial charge in [0.1, 0.15) is 23.1 Å². The fraction of sp³-hybridized carbons (Fsp3) is 0.211. The minimum Gasteiger partial charge on any atom is -0.478 e. The first-order valence-electron chi connectivity index (χ1n) is 8.36. The summed E-state index contributed by atoms with van der Waals surface area (Å²) >= 11 is 0. The number of halogens is 2. The van der Waals surface area contributed by atoms with Gasteiger partial charge in [0, 0.05) is 0 Å². The first-order valence-corrected chi connectivity index (χ1v) is 8.36. The van der Waals surface area contributed by atoms with E-state index in [9.17, 15) is 23.2 Å². The Labute approximate surface area is 158 Å². The molecule has 0 spiro atoms. The van der Waals surface area contributed by atoms with E-state index in [-0.39, 0.29) is 0 Å². The third kappa shape index (κ3) is 4.25. The predicted molar refractivity (Wildman–Crippen MR) is 94.6 cm³/mol. The number of esters is 1. The van der Waals surface area contributed by atoms with E-state index in [4.69, 9.17) is 9.47 Å². The molecule has 0 radical (unpaired) electrons. The fourth-order valence-electron chi connectivity index (χ4n) is 2.52. The third-order valence-electron chi connectivity index (χ3n) is 3.95. The van der Waals surface area contributed by atoms with Crippen molar-refractivity contribution < 1.29 is 32.6 Å². The average Bonchev–Trinajstić information content (AvgIpc) is 2.65. The van der Waals surface area contributed by atoms with E-state index in [0.717, 1.165) is 18.2 Å². The molecular formula is C19H16F2N2O5. The van der Waals surface area contributed by atoms with Crippen LogP contribution in [0.2, 0.25) is 0 Å². The Morgan fingerprint density at radius 2 is 1.86 bits per heavy atom. The molecule has 0 saturated heterocycles. The van der Waals surface area contributed by atoms with E-state index in [1.165, 1.54) is 6.92 Å². The van der Waals surface area contributed by atoms with Gasteiger partial charge in [0.25, 0.3) is 11.8 Å². The lowest BCUT2D eigenvalue weighted by Crippen LogP contribution is -2.40. The quantitative estimate of drug-likeness (QED) is 0.766. The maximum Gasteiger partial charge on any atom is 0.310 e. The highest BCUT2D eigenvalue weighted by Gasteiger charge is 2.31. The molecule has 28 heavy (non-hydrogen) atoms. The van der Waals surface area contributed by atoms with Crippen molar-refractivity contribution >= 4 is 29.2 Å². The third-order valence-corrected chi connectivity index (χ3v) is 3.95. The van der Waals surface area contributed by atoms with Gasteiger partial charge in [-0.3, -0.25) is 14.4 Å². The Hall–Kier alpha value is -3.49.